The van der Waals surface area contributed by atoms with Crippen LogP contribution in [0.4, 0.5) is 4.79 Å². The van der Waals surface area contributed by atoms with Gasteiger partial charge >= 0.3 is 6.09 Å². The highest BCUT2D eigenvalue weighted by atomic mass is 127. The molecule has 7 nitrogen and oxygen atoms in total. The van der Waals surface area contributed by atoms with Crippen molar-refractivity contribution < 1.29 is 19.0 Å². The third kappa shape index (κ3) is 7.99. The van der Waals surface area contributed by atoms with Crippen LogP contribution in [0.2, 0.25) is 30.8 Å². The molecule has 1 aliphatic heterocycles. The van der Waals surface area contributed by atoms with E-state index >= 15 is 0 Å². The van der Waals surface area contributed by atoms with E-state index in [2.05, 4.69) is 47.2 Å². The summed E-state index contributed by atoms with van der Waals surface area (Å²) in [7, 11) is -1.13. The van der Waals surface area contributed by atoms with Gasteiger partial charge in [-0.15, -0.1) is 0 Å². The van der Waals surface area contributed by atoms with Crippen molar-refractivity contribution in [2.24, 2.45) is 5.92 Å². The molecule has 0 aliphatic carbocycles. The number of likely N-dealkylation sites (tertiary alicyclic amines) is 1. The monoisotopic (exact) mass is 621 g/mol. The molecular weight excluding hydrogens is 585 g/mol. The number of nitrogens with zero attached hydrogens (tertiary/aromatic N) is 3. The van der Waals surface area contributed by atoms with Crippen molar-refractivity contribution in [3.05, 3.63) is 21.0 Å². The molecular formula is C24H37ClIN3O4Si. The van der Waals surface area contributed by atoms with Crippen molar-refractivity contribution in [1.82, 2.24) is 14.5 Å². The Labute approximate surface area is 222 Å². The van der Waals surface area contributed by atoms with Gasteiger partial charge in [0.1, 0.15) is 28.9 Å². The largest absolute Gasteiger partial charge is 0.492 e. The molecule has 0 unspecified atom stereocenters. The zero-order valence-electron chi connectivity index (χ0n) is 21.1. The second kappa shape index (κ2) is 11.3. The Kier molecular flexibility index (Phi) is 9.19. The lowest BCUT2D eigenvalue weighted by molar-refractivity contribution is 0.0165. The fourth-order valence-electron chi connectivity index (χ4n) is 3.74. The highest BCUT2D eigenvalue weighted by Gasteiger charge is 2.27. The van der Waals surface area contributed by atoms with E-state index in [4.69, 9.17) is 25.8 Å². The predicted molar refractivity (Wildman–Crippen MR) is 148 cm³/mol. The second-order valence-corrected chi connectivity index (χ2v) is 18.3. The molecule has 1 saturated heterocycles. The van der Waals surface area contributed by atoms with Crippen molar-refractivity contribution in [3.63, 3.8) is 0 Å². The van der Waals surface area contributed by atoms with E-state index in [0.29, 0.717) is 37.5 Å². The molecule has 190 valence electrons. The van der Waals surface area contributed by atoms with Crippen LogP contribution in [0.5, 0.6) is 5.75 Å². The Bertz CT molecular complexity index is 995. The molecule has 0 spiro atoms. The van der Waals surface area contributed by atoms with E-state index in [1.165, 1.54) is 0 Å². The van der Waals surface area contributed by atoms with Gasteiger partial charge in [0.25, 0.3) is 0 Å². The van der Waals surface area contributed by atoms with Crippen molar-refractivity contribution >= 4 is 59.4 Å². The molecule has 0 saturated carbocycles. The number of carbonyl (C=O) groups is 1. The summed E-state index contributed by atoms with van der Waals surface area (Å²) in [6, 6.07) is 2.91. The second-order valence-electron chi connectivity index (χ2n) is 11.2. The van der Waals surface area contributed by atoms with Crippen LogP contribution in [-0.2, 0) is 16.2 Å². The third-order valence-corrected chi connectivity index (χ3v) is 8.40. The maximum Gasteiger partial charge on any atom is 0.410 e. The summed E-state index contributed by atoms with van der Waals surface area (Å²) in [4.78, 5) is 18.6. The Morgan fingerprint density at radius 2 is 1.94 bits per heavy atom. The number of halogens is 2. The summed E-state index contributed by atoms with van der Waals surface area (Å²) in [5.41, 5.74) is 0.301. The average molecular weight is 622 g/mol. The van der Waals surface area contributed by atoms with Gasteiger partial charge in [-0.25, -0.2) is 9.78 Å². The first-order valence-corrected chi connectivity index (χ1v) is 17.0. The lowest BCUT2D eigenvalue weighted by Gasteiger charge is -2.33. The first-order chi connectivity index (χ1) is 15.8. The van der Waals surface area contributed by atoms with Gasteiger partial charge in [0.05, 0.1) is 12.0 Å². The number of piperidine rings is 1. The molecule has 34 heavy (non-hydrogen) atoms. The third-order valence-electron chi connectivity index (χ3n) is 5.68. The molecule has 1 aliphatic rings. The van der Waals surface area contributed by atoms with Gasteiger partial charge in [0, 0.05) is 43.6 Å². The Balaban J connectivity index is 1.60. The molecule has 3 heterocycles. The van der Waals surface area contributed by atoms with Crippen LogP contribution < -0.4 is 4.74 Å². The van der Waals surface area contributed by atoms with Gasteiger partial charge in [0.2, 0.25) is 0 Å². The lowest BCUT2D eigenvalue weighted by atomic mass is 9.98. The average Bonchev–Trinajstić information content (AvgIpc) is 3.03. The van der Waals surface area contributed by atoms with Gasteiger partial charge in [-0.3, -0.25) is 0 Å². The van der Waals surface area contributed by atoms with E-state index in [1.807, 2.05) is 31.5 Å². The van der Waals surface area contributed by atoms with Crippen LogP contribution in [0.15, 0.2) is 12.3 Å². The van der Waals surface area contributed by atoms with Crippen LogP contribution in [-0.4, -0.2) is 60.5 Å². The van der Waals surface area contributed by atoms with Gasteiger partial charge in [-0.05, 0) is 68.2 Å². The van der Waals surface area contributed by atoms with Crippen LogP contribution in [0.3, 0.4) is 0 Å². The van der Waals surface area contributed by atoms with Crippen LogP contribution in [0, 0.1) is 9.49 Å². The first kappa shape index (κ1) is 27.5. The number of rotatable bonds is 8. The molecule has 0 N–H and O–H groups in total. The lowest BCUT2D eigenvalue weighted by Crippen LogP contribution is -2.42. The molecule has 1 fully saturated rings. The number of amides is 1. The first-order valence-electron chi connectivity index (χ1n) is 11.9. The molecule has 0 aromatic carbocycles. The highest BCUT2D eigenvalue weighted by molar-refractivity contribution is 14.1. The number of hydrogen-bond acceptors (Lipinski definition) is 5. The minimum absolute atomic E-state index is 0.238. The van der Waals surface area contributed by atoms with Crippen molar-refractivity contribution in [2.75, 3.05) is 26.3 Å². The van der Waals surface area contributed by atoms with Crippen molar-refractivity contribution in [2.45, 2.75) is 71.6 Å². The Hall–Kier alpha value is -1.04. The molecule has 0 radical (unpaired) electrons. The standard InChI is InChI=1S/C24H37ClIN3O4Si/c1-24(2,3)33-23(30)28-9-7-17(8-10-28)15-32-19-13-20(25)27-22-21(19)18(26)14-29(22)16-31-11-12-34(4,5)6/h13-14,17H,7-12,15-16H2,1-6H3. The molecule has 0 atom stereocenters. The SMILES string of the molecule is CC(C)(C)OC(=O)N1CCC(COc2cc(Cl)nc3c2c(I)cn3COCC[Si](C)(C)C)CC1. The number of carbonyl (C=O) groups excluding carboxylic acids is 1. The number of aromatic nitrogens is 2. The van der Waals surface area contributed by atoms with Crippen LogP contribution in [0.1, 0.15) is 33.6 Å². The zero-order chi connectivity index (χ0) is 25.1. The Morgan fingerprint density at radius 3 is 2.56 bits per heavy atom. The molecule has 10 heteroatoms. The molecule has 1 amide bonds. The summed E-state index contributed by atoms with van der Waals surface area (Å²) in [5.74, 6) is 1.11. The molecule has 2 aromatic heterocycles. The smallest absolute Gasteiger partial charge is 0.410 e. The Morgan fingerprint density at radius 1 is 1.26 bits per heavy atom. The zero-order valence-corrected chi connectivity index (χ0v) is 25.0. The van der Waals surface area contributed by atoms with Crippen LogP contribution >= 0.6 is 34.2 Å². The number of hydrogen-bond donors (Lipinski definition) is 0. The fraction of sp³-hybridized carbons (Fsp3) is 0.667. The number of pyridine rings is 1. The molecule has 0 bridgehead atoms. The number of ether oxygens (including phenoxy) is 3. The predicted octanol–water partition coefficient (Wildman–Crippen LogP) is 6.63. The van der Waals surface area contributed by atoms with Gasteiger partial charge < -0.3 is 23.7 Å². The molecule has 3 rings (SSSR count). The van der Waals surface area contributed by atoms with E-state index in [-0.39, 0.29) is 6.09 Å². The summed E-state index contributed by atoms with van der Waals surface area (Å²) in [6.45, 7) is 15.8. The van der Waals surface area contributed by atoms with Gasteiger partial charge in [-0.1, -0.05) is 31.2 Å². The topological polar surface area (TPSA) is 65.8 Å². The van der Waals surface area contributed by atoms with Crippen molar-refractivity contribution in [1.29, 1.82) is 0 Å². The van der Waals surface area contributed by atoms with E-state index < -0.39 is 13.7 Å². The summed E-state index contributed by atoms with van der Waals surface area (Å²) < 4.78 is 20.8. The minimum atomic E-state index is -1.13. The highest BCUT2D eigenvalue weighted by Crippen LogP contribution is 2.34. The summed E-state index contributed by atoms with van der Waals surface area (Å²) >= 11 is 8.67. The van der Waals surface area contributed by atoms with E-state index in [0.717, 1.165) is 45.8 Å². The quantitative estimate of drug-likeness (QED) is 0.143. The van der Waals surface area contributed by atoms with Crippen LogP contribution in [0.25, 0.3) is 11.0 Å². The summed E-state index contributed by atoms with van der Waals surface area (Å²) in [5, 5.41) is 1.37. The van der Waals surface area contributed by atoms with E-state index in [1.54, 1.807) is 11.0 Å². The number of fused-ring (bicyclic) bond motifs is 1. The normalized spacial score (nSPS) is 15.7. The van der Waals surface area contributed by atoms with E-state index in [9.17, 15) is 4.79 Å². The summed E-state index contributed by atoms with van der Waals surface area (Å²) in [6.07, 6.45) is 3.56. The van der Waals surface area contributed by atoms with Gasteiger partial charge in [0.15, 0.2) is 0 Å². The maximum absolute atomic E-state index is 12.3. The molecule has 2 aromatic rings. The minimum Gasteiger partial charge on any atom is -0.492 e. The fourth-order valence-corrected chi connectivity index (χ4v) is 5.52. The van der Waals surface area contributed by atoms with Gasteiger partial charge in [-0.2, -0.15) is 0 Å². The maximum atomic E-state index is 12.3. The van der Waals surface area contributed by atoms with Crippen molar-refractivity contribution in [3.8, 4) is 5.75 Å².